The molecule has 0 radical (unpaired) electrons. The van der Waals surface area contributed by atoms with Crippen molar-refractivity contribution in [2.75, 3.05) is 7.11 Å². The lowest BCUT2D eigenvalue weighted by atomic mass is 10.1. The first kappa shape index (κ1) is 12.1. The average molecular weight is 243 g/mol. The Bertz CT molecular complexity index is 379. The lowest BCUT2D eigenvalue weighted by Crippen LogP contribution is -2.37. The molecular formula is C9H13N3O5. The molecule has 0 saturated carbocycles. The lowest BCUT2D eigenvalue weighted by molar-refractivity contribution is -0.211. The molecule has 2 saturated heterocycles. The number of fused-ring (bicyclic) bond motifs is 1. The van der Waals surface area contributed by atoms with Crippen LogP contribution in [0.5, 0.6) is 0 Å². The van der Waals surface area contributed by atoms with Crippen LogP contribution in [0.1, 0.15) is 13.8 Å². The van der Waals surface area contributed by atoms with Crippen molar-refractivity contribution in [3.8, 4) is 0 Å². The molecule has 0 bridgehead atoms. The van der Waals surface area contributed by atoms with E-state index in [0.29, 0.717) is 0 Å². The highest BCUT2D eigenvalue weighted by molar-refractivity contribution is 5.76. The van der Waals surface area contributed by atoms with Crippen LogP contribution in [-0.2, 0) is 23.7 Å². The number of rotatable bonds is 2. The monoisotopic (exact) mass is 243 g/mol. The van der Waals surface area contributed by atoms with Gasteiger partial charge in [0.25, 0.3) is 0 Å². The molecule has 8 heteroatoms. The predicted octanol–water partition coefficient (Wildman–Crippen LogP) is 0.715. The van der Waals surface area contributed by atoms with Crippen LogP contribution in [0.3, 0.4) is 0 Å². The summed E-state index contributed by atoms with van der Waals surface area (Å²) >= 11 is 0. The second-order valence-electron chi connectivity index (χ2n) is 4.24. The van der Waals surface area contributed by atoms with Crippen molar-refractivity contribution in [3.05, 3.63) is 10.4 Å². The van der Waals surface area contributed by atoms with E-state index in [4.69, 9.17) is 19.7 Å². The van der Waals surface area contributed by atoms with Crippen molar-refractivity contribution >= 4 is 5.97 Å². The van der Waals surface area contributed by atoms with Crippen LogP contribution in [0.2, 0.25) is 0 Å². The molecule has 0 aromatic carbocycles. The summed E-state index contributed by atoms with van der Waals surface area (Å²) in [6.45, 7) is 3.43. The minimum Gasteiger partial charge on any atom is -0.467 e. The minimum atomic E-state index is -0.984. The standard InChI is InChI=1S/C9H13N3O5/c1-9(2)16-6-4(11-12-10)5(7(13)14-3)15-8(6)17-9/h4-6,8H,1-3H3/t4-,5+,6-,8-/m1/s1. The molecule has 2 fully saturated rings. The van der Waals surface area contributed by atoms with E-state index in [1.165, 1.54) is 7.11 Å². The maximum absolute atomic E-state index is 11.5. The predicted molar refractivity (Wildman–Crippen MR) is 53.6 cm³/mol. The summed E-state index contributed by atoms with van der Waals surface area (Å²) in [4.78, 5) is 14.1. The zero-order valence-electron chi connectivity index (χ0n) is 9.69. The fraction of sp³-hybridized carbons (Fsp3) is 0.889. The summed E-state index contributed by atoms with van der Waals surface area (Å²) in [6, 6.07) is -0.778. The maximum atomic E-state index is 11.5. The highest BCUT2D eigenvalue weighted by Gasteiger charge is 2.56. The van der Waals surface area contributed by atoms with Crippen LogP contribution < -0.4 is 0 Å². The van der Waals surface area contributed by atoms with Crippen LogP contribution in [0, 0.1) is 0 Å². The fourth-order valence-electron chi connectivity index (χ4n) is 1.99. The van der Waals surface area contributed by atoms with Gasteiger partial charge < -0.3 is 18.9 Å². The van der Waals surface area contributed by atoms with Gasteiger partial charge in [0.05, 0.1) is 7.11 Å². The Morgan fingerprint density at radius 3 is 2.76 bits per heavy atom. The van der Waals surface area contributed by atoms with Crippen LogP contribution in [0.4, 0.5) is 0 Å². The molecule has 2 rings (SSSR count). The number of azide groups is 1. The average Bonchev–Trinajstić information content (AvgIpc) is 2.72. The van der Waals surface area contributed by atoms with E-state index >= 15 is 0 Å². The first-order chi connectivity index (χ1) is 7.98. The SMILES string of the molecule is COC(=O)[C@H]1O[C@@H]2OC(C)(C)O[C@@H]2[C@@H]1N=[N+]=[N-]. The van der Waals surface area contributed by atoms with Crippen molar-refractivity contribution in [2.24, 2.45) is 5.11 Å². The molecular weight excluding hydrogens is 230 g/mol. The number of nitrogens with zero attached hydrogens (tertiary/aromatic N) is 3. The number of hydrogen-bond acceptors (Lipinski definition) is 6. The molecule has 0 aromatic rings. The van der Waals surface area contributed by atoms with E-state index in [1.807, 2.05) is 0 Å². The number of methoxy groups -OCH3 is 1. The number of hydrogen-bond donors (Lipinski definition) is 0. The third-order valence-corrected chi connectivity index (χ3v) is 2.63. The molecule has 2 aliphatic rings. The van der Waals surface area contributed by atoms with E-state index in [1.54, 1.807) is 13.8 Å². The van der Waals surface area contributed by atoms with E-state index in [2.05, 4.69) is 14.8 Å². The highest BCUT2D eigenvalue weighted by Crippen LogP contribution is 2.39. The van der Waals surface area contributed by atoms with Gasteiger partial charge in [0.1, 0.15) is 12.1 Å². The lowest BCUT2D eigenvalue weighted by Gasteiger charge is -2.21. The van der Waals surface area contributed by atoms with Gasteiger partial charge in [-0.2, -0.15) is 0 Å². The van der Waals surface area contributed by atoms with Crippen molar-refractivity contribution in [3.63, 3.8) is 0 Å². The minimum absolute atomic E-state index is 0.593. The zero-order valence-corrected chi connectivity index (χ0v) is 9.69. The molecule has 0 amide bonds. The first-order valence-corrected chi connectivity index (χ1v) is 5.11. The van der Waals surface area contributed by atoms with Crippen LogP contribution in [-0.4, -0.2) is 43.4 Å². The molecule has 17 heavy (non-hydrogen) atoms. The second-order valence-corrected chi connectivity index (χ2v) is 4.24. The summed E-state index contributed by atoms with van der Waals surface area (Å²) in [5, 5.41) is 3.53. The van der Waals surface area contributed by atoms with Crippen LogP contribution in [0.15, 0.2) is 5.11 Å². The Kier molecular flexibility index (Phi) is 2.96. The Hall–Kier alpha value is -1.34. The van der Waals surface area contributed by atoms with Crippen molar-refractivity contribution in [2.45, 2.75) is 44.2 Å². The summed E-state index contributed by atoms with van der Waals surface area (Å²) in [5.41, 5.74) is 8.50. The number of carbonyl (C=O) groups excluding carboxylic acids is 1. The molecule has 0 spiro atoms. The number of carbonyl (C=O) groups is 1. The molecule has 4 atom stereocenters. The highest BCUT2D eigenvalue weighted by atomic mass is 16.8. The van der Waals surface area contributed by atoms with E-state index < -0.39 is 36.3 Å². The van der Waals surface area contributed by atoms with Gasteiger partial charge in [-0.1, -0.05) is 5.11 Å². The summed E-state index contributed by atoms with van der Waals surface area (Å²) in [6.07, 6.45) is -2.29. The van der Waals surface area contributed by atoms with E-state index in [0.717, 1.165) is 0 Å². The smallest absolute Gasteiger partial charge is 0.335 e. The van der Waals surface area contributed by atoms with Crippen LogP contribution >= 0.6 is 0 Å². The van der Waals surface area contributed by atoms with Gasteiger partial charge in [-0.15, -0.1) is 0 Å². The van der Waals surface area contributed by atoms with Gasteiger partial charge in [-0.3, -0.25) is 0 Å². The largest absolute Gasteiger partial charge is 0.467 e. The second kappa shape index (κ2) is 4.15. The molecule has 2 heterocycles. The van der Waals surface area contributed by atoms with Gasteiger partial charge in [-0.05, 0) is 19.4 Å². The van der Waals surface area contributed by atoms with Crippen molar-refractivity contribution in [1.29, 1.82) is 0 Å². The van der Waals surface area contributed by atoms with Gasteiger partial charge in [0, 0.05) is 4.91 Å². The first-order valence-electron chi connectivity index (χ1n) is 5.11. The topological polar surface area (TPSA) is 103 Å². The Morgan fingerprint density at radius 2 is 2.18 bits per heavy atom. The Balaban J connectivity index is 2.21. The Labute approximate surface area is 97.4 Å². The van der Waals surface area contributed by atoms with Crippen LogP contribution in [0.25, 0.3) is 10.4 Å². The van der Waals surface area contributed by atoms with Crippen molar-refractivity contribution < 1.29 is 23.7 Å². The molecule has 8 nitrogen and oxygen atoms in total. The fourth-order valence-corrected chi connectivity index (χ4v) is 1.99. The van der Waals surface area contributed by atoms with E-state index in [-0.39, 0.29) is 0 Å². The number of ether oxygens (including phenoxy) is 4. The summed E-state index contributed by atoms with van der Waals surface area (Å²) in [7, 11) is 1.23. The molecule has 0 aromatic heterocycles. The summed E-state index contributed by atoms with van der Waals surface area (Å²) < 4.78 is 20.9. The zero-order chi connectivity index (χ0) is 12.6. The van der Waals surface area contributed by atoms with Gasteiger partial charge in [0.15, 0.2) is 18.2 Å². The molecule has 94 valence electrons. The molecule has 0 unspecified atom stereocenters. The molecule has 0 aliphatic carbocycles. The van der Waals surface area contributed by atoms with Gasteiger partial charge in [-0.25, -0.2) is 4.79 Å². The third kappa shape index (κ3) is 2.07. The third-order valence-electron chi connectivity index (χ3n) is 2.63. The van der Waals surface area contributed by atoms with E-state index in [9.17, 15) is 4.79 Å². The van der Waals surface area contributed by atoms with Gasteiger partial charge >= 0.3 is 5.97 Å². The Morgan fingerprint density at radius 1 is 1.47 bits per heavy atom. The quantitative estimate of drug-likeness (QED) is 0.307. The maximum Gasteiger partial charge on any atom is 0.335 e. The number of esters is 1. The molecule has 0 N–H and O–H groups in total. The molecule has 2 aliphatic heterocycles. The summed E-state index contributed by atoms with van der Waals surface area (Å²) in [5.74, 6) is -1.43. The van der Waals surface area contributed by atoms with Crippen molar-refractivity contribution in [1.82, 2.24) is 0 Å². The normalized spacial score (nSPS) is 38.3. The van der Waals surface area contributed by atoms with Gasteiger partial charge in [0.2, 0.25) is 0 Å².